The fourth-order valence-electron chi connectivity index (χ4n) is 1.18. The van der Waals surface area contributed by atoms with Crippen molar-refractivity contribution in [3.05, 3.63) is 36.2 Å². The lowest BCUT2D eigenvalue weighted by Gasteiger charge is -1.99. The van der Waals surface area contributed by atoms with Gasteiger partial charge in [0.2, 0.25) is 0 Å². The van der Waals surface area contributed by atoms with Crippen molar-refractivity contribution in [1.82, 2.24) is 9.97 Å². The molecular formula is C9H8N2O. The first-order valence-corrected chi connectivity index (χ1v) is 3.71. The molecule has 12 heavy (non-hydrogen) atoms. The summed E-state index contributed by atoms with van der Waals surface area (Å²) in [6.07, 6.45) is 3.34. The third-order valence-corrected chi connectivity index (χ3v) is 1.78. The monoisotopic (exact) mass is 160 g/mol. The van der Waals surface area contributed by atoms with Crippen LogP contribution in [-0.4, -0.2) is 15.1 Å². The third kappa shape index (κ3) is 1.04. The summed E-state index contributed by atoms with van der Waals surface area (Å²) in [6.45, 7) is 0.0325. The van der Waals surface area contributed by atoms with Gasteiger partial charge in [0.05, 0.1) is 6.61 Å². The second kappa shape index (κ2) is 2.87. The molecule has 0 bridgehead atoms. The number of hydrogen-bond donors (Lipinski definition) is 1. The zero-order valence-electron chi connectivity index (χ0n) is 6.44. The quantitative estimate of drug-likeness (QED) is 0.680. The summed E-state index contributed by atoms with van der Waals surface area (Å²) < 4.78 is 0. The third-order valence-electron chi connectivity index (χ3n) is 1.78. The van der Waals surface area contributed by atoms with E-state index in [1.165, 1.54) is 0 Å². The summed E-state index contributed by atoms with van der Waals surface area (Å²) in [5.41, 5.74) is 1.55. The van der Waals surface area contributed by atoms with E-state index in [0.717, 1.165) is 10.9 Å². The normalized spacial score (nSPS) is 10.4. The van der Waals surface area contributed by atoms with Crippen molar-refractivity contribution < 1.29 is 5.11 Å². The van der Waals surface area contributed by atoms with E-state index in [1.54, 1.807) is 18.5 Å². The van der Waals surface area contributed by atoms with E-state index in [-0.39, 0.29) is 6.61 Å². The first-order chi connectivity index (χ1) is 5.92. The van der Waals surface area contributed by atoms with E-state index in [4.69, 9.17) is 5.11 Å². The number of pyridine rings is 2. The van der Waals surface area contributed by atoms with Crippen molar-refractivity contribution in [2.75, 3.05) is 0 Å². The molecule has 0 unspecified atom stereocenters. The van der Waals surface area contributed by atoms with Gasteiger partial charge in [-0.1, -0.05) is 0 Å². The Balaban J connectivity index is 2.79. The molecule has 0 radical (unpaired) electrons. The van der Waals surface area contributed by atoms with Crippen LogP contribution in [-0.2, 0) is 6.61 Å². The van der Waals surface area contributed by atoms with Crippen molar-refractivity contribution in [2.45, 2.75) is 6.61 Å². The Morgan fingerprint density at radius 1 is 1.17 bits per heavy atom. The summed E-state index contributed by atoms with van der Waals surface area (Å²) in [6, 6.07) is 5.54. The summed E-state index contributed by atoms with van der Waals surface area (Å²) >= 11 is 0. The number of nitrogens with zero attached hydrogens (tertiary/aromatic N) is 2. The molecule has 60 valence electrons. The molecule has 0 aliphatic rings. The predicted octanol–water partition coefficient (Wildman–Crippen LogP) is 1.12. The lowest BCUT2D eigenvalue weighted by Crippen LogP contribution is -1.89. The molecule has 0 saturated heterocycles. The van der Waals surface area contributed by atoms with Gasteiger partial charge in [-0.15, -0.1) is 0 Å². The number of rotatable bonds is 1. The highest BCUT2D eigenvalue weighted by atomic mass is 16.3. The van der Waals surface area contributed by atoms with Gasteiger partial charge in [0.1, 0.15) is 0 Å². The van der Waals surface area contributed by atoms with Crippen LogP contribution >= 0.6 is 0 Å². The highest BCUT2D eigenvalue weighted by Crippen LogP contribution is 2.13. The second-order valence-corrected chi connectivity index (χ2v) is 2.50. The first kappa shape index (κ1) is 7.18. The van der Waals surface area contributed by atoms with Crippen LogP contribution in [0.3, 0.4) is 0 Å². The molecule has 3 heteroatoms. The average molecular weight is 160 g/mol. The number of hydrogen-bond acceptors (Lipinski definition) is 3. The minimum Gasteiger partial charge on any atom is -0.392 e. The molecule has 2 aromatic rings. The number of fused-ring (bicyclic) bond motifs is 1. The van der Waals surface area contributed by atoms with E-state index in [2.05, 4.69) is 9.97 Å². The Hall–Kier alpha value is -1.48. The second-order valence-electron chi connectivity index (χ2n) is 2.50. The molecule has 0 aromatic carbocycles. The van der Waals surface area contributed by atoms with Crippen molar-refractivity contribution in [1.29, 1.82) is 0 Å². The summed E-state index contributed by atoms with van der Waals surface area (Å²) in [7, 11) is 0. The smallest absolute Gasteiger partial charge is 0.159 e. The molecule has 0 aliphatic carbocycles. The van der Waals surface area contributed by atoms with Crippen LogP contribution in [0.15, 0.2) is 30.6 Å². The molecule has 1 N–H and O–H groups in total. The predicted molar refractivity (Wildman–Crippen MR) is 45.5 cm³/mol. The molecule has 0 saturated carbocycles. The van der Waals surface area contributed by atoms with E-state index >= 15 is 0 Å². The highest BCUT2D eigenvalue weighted by molar-refractivity contribution is 5.77. The van der Waals surface area contributed by atoms with Crippen LogP contribution in [0.4, 0.5) is 0 Å². The fraction of sp³-hybridized carbons (Fsp3) is 0.111. The van der Waals surface area contributed by atoms with E-state index in [0.29, 0.717) is 5.65 Å². The molecule has 0 fully saturated rings. The molecule has 0 aliphatic heterocycles. The van der Waals surface area contributed by atoms with Gasteiger partial charge in [0.25, 0.3) is 0 Å². The largest absolute Gasteiger partial charge is 0.392 e. The zero-order valence-corrected chi connectivity index (χ0v) is 6.44. The van der Waals surface area contributed by atoms with Crippen LogP contribution in [0.1, 0.15) is 5.56 Å². The van der Waals surface area contributed by atoms with Crippen LogP contribution in [0.25, 0.3) is 11.0 Å². The Morgan fingerprint density at radius 3 is 2.83 bits per heavy atom. The van der Waals surface area contributed by atoms with Gasteiger partial charge in [-0.05, 0) is 23.8 Å². The lowest BCUT2D eigenvalue weighted by atomic mass is 10.2. The minimum atomic E-state index is 0.0325. The first-order valence-electron chi connectivity index (χ1n) is 3.71. The van der Waals surface area contributed by atoms with Gasteiger partial charge < -0.3 is 5.11 Å². The molecule has 3 nitrogen and oxygen atoms in total. The molecule has 0 atom stereocenters. The summed E-state index contributed by atoms with van der Waals surface area (Å²) in [5, 5.41) is 9.90. The van der Waals surface area contributed by atoms with Crippen molar-refractivity contribution in [3.63, 3.8) is 0 Å². The van der Waals surface area contributed by atoms with Crippen LogP contribution in [0.2, 0.25) is 0 Å². The molecule has 2 heterocycles. The van der Waals surface area contributed by atoms with Gasteiger partial charge in [-0.25, -0.2) is 9.97 Å². The molecule has 2 rings (SSSR count). The van der Waals surface area contributed by atoms with E-state index in [9.17, 15) is 0 Å². The van der Waals surface area contributed by atoms with Crippen LogP contribution < -0.4 is 0 Å². The average Bonchev–Trinajstić information content (AvgIpc) is 2.17. The lowest BCUT2D eigenvalue weighted by molar-refractivity contribution is 0.283. The maximum Gasteiger partial charge on any atom is 0.159 e. The van der Waals surface area contributed by atoms with Crippen molar-refractivity contribution >= 4 is 11.0 Å². The Bertz CT molecular complexity index is 395. The Labute approximate surface area is 69.7 Å². The number of aliphatic hydroxyl groups is 1. The SMILES string of the molecule is OCc1ccnc2ncccc12. The maximum atomic E-state index is 8.98. The topological polar surface area (TPSA) is 46.0 Å². The minimum absolute atomic E-state index is 0.0325. The molecule has 0 amide bonds. The highest BCUT2D eigenvalue weighted by Gasteiger charge is 1.98. The Kier molecular flexibility index (Phi) is 1.72. The van der Waals surface area contributed by atoms with Gasteiger partial charge in [-0.3, -0.25) is 0 Å². The van der Waals surface area contributed by atoms with Gasteiger partial charge >= 0.3 is 0 Å². The standard InChI is InChI=1S/C9H8N2O/c12-6-7-3-5-11-9-8(7)2-1-4-10-9/h1-5,12H,6H2. The van der Waals surface area contributed by atoms with E-state index in [1.807, 2.05) is 12.1 Å². The summed E-state index contributed by atoms with van der Waals surface area (Å²) in [4.78, 5) is 8.14. The molecular weight excluding hydrogens is 152 g/mol. The maximum absolute atomic E-state index is 8.98. The van der Waals surface area contributed by atoms with Gasteiger partial charge in [0.15, 0.2) is 5.65 Å². The summed E-state index contributed by atoms with van der Waals surface area (Å²) in [5.74, 6) is 0. The van der Waals surface area contributed by atoms with Crippen molar-refractivity contribution in [3.8, 4) is 0 Å². The van der Waals surface area contributed by atoms with Gasteiger partial charge in [0, 0.05) is 17.8 Å². The van der Waals surface area contributed by atoms with Crippen LogP contribution in [0.5, 0.6) is 0 Å². The Morgan fingerprint density at radius 2 is 2.00 bits per heavy atom. The zero-order chi connectivity index (χ0) is 8.39. The van der Waals surface area contributed by atoms with Gasteiger partial charge in [-0.2, -0.15) is 0 Å². The number of aliphatic hydroxyl groups excluding tert-OH is 1. The fourth-order valence-corrected chi connectivity index (χ4v) is 1.18. The van der Waals surface area contributed by atoms with Crippen LogP contribution in [0, 0.1) is 0 Å². The molecule has 0 spiro atoms. The molecule has 2 aromatic heterocycles. The number of aromatic nitrogens is 2. The van der Waals surface area contributed by atoms with Crippen molar-refractivity contribution in [2.24, 2.45) is 0 Å². The van der Waals surface area contributed by atoms with E-state index < -0.39 is 0 Å².